The number of benzene rings is 2. The largest absolute Gasteiger partial charge is 0.454 e. The van der Waals surface area contributed by atoms with Crippen LogP contribution in [0.4, 0.5) is 5.69 Å². The maximum Gasteiger partial charge on any atom is 0.231 e. The number of aromatic amines is 1. The van der Waals surface area contributed by atoms with Crippen molar-refractivity contribution in [1.29, 1.82) is 0 Å². The van der Waals surface area contributed by atoms with Gasteiger partial charge < -0.3 is 15.2 Å². The van der Waals surface area contributed by atoms with Crippen LogP contribution in [-0.2, 0) is 0 Å². The summed E-state index contributed by atoms with van der Waals surface area (Å²) in [6.45, 7) is 0.274. The molecule has 2 heterocycles. The van der Waals surface area contributed by atoms with E-state index in [-0.39, 0.29) is 6.79 Å². The predicted octanol–water partition coefficient (Wildman–Crippen LogP) is 3.05. The molecule has 104 valence electrons. The highest BCUT2D eigenvalue weighted by molar-refractivity contribution is 5.70. The second-order valence-electron chi connectivity index (χ2n) is 4.86. The molecule has 0 aliphatic carbocycles. The molecule has 5 nitrogen and oxygen atoms in total. The van der Waals surface area contributed by atoms with Crippen molar-refractivity contribution in [1.82, 2.24) is 10.2 Å². The van der Waals surface area contributed by atoms with E-state index in [9.17, 15) is 0 Å². The van der Waals surface area contributed by atoms with Crippen LogP contribution in [-0.4, -0.2) is 17.0 Å². The number of ether oxygens (including phenoxy) is 2. The molecular weight excluding hydrogens is 266 g/mol. The molecule has 0 unspecified atom stereocenters. The standard InChI is InChI=1S/C16H13N3O2/c17-12-4-1-10(2-5-12)13-8-14(19-18-13)11-3-6-15-16(7-11)21-9-20-15/h1-8H,9,17H2,(H,18,19). The van der Waals surface area contributed by atoms with Crippen LogP contribution in [0.1, 0.15) is 0 Å². The number of nitrogens with zero attached hydrogens (tertiary/aromatic N) is 1. The van der Waals surface area contributed by atoms with Gasteiger partial charge in [-0.3, -0.25) is 5.10 Å². The molecule has 0 fully saturated rings. The fourth-order valence-corrected chi connectivity index (χ4v) is 2.34. The third-order valence-electron chi connectivity index (χ3n) is 3.47. The van der Waals surface area contributed by atoms with Crippen molar-refractivity contribution in [3.63, 3.8) is 0 Å². The number of nitrogens with two attached hydrogens (primary N) is 1. The van der Waals surface area contributed by atoms with Crippen molar-refractivity contribution in [3.8, 4) is 34.0 Å². The summed E-state index contributed by atoms with van der Waals surface area (Å²) in [7, 11) is 0. The first-order valence-electron chi connectivity index (χ1n) is 6.61. The average molecular weight is 279 g/mol. The summed E-state index contributed by atoms with van der Waals surface area (Å²) in [4.78, 5) is 0. The van der Waals surface area contributed by atoms with E-state index >= 15 is 0 Å². The lowest BCUT2D eigenvalue weighted by Crippen LogP contribution is -1.92. The van der Waals surface area contributed by atoms with Crippen LogP contribution >= 0.6 is 0 Å². The number of nitrogens with one attached hydrogen (secondary N) is 1. The Balaban J connectivity index is 1.69. The Morgan fingerprint density at radius 1 is 0.905 bits per heavy atom. The van der Waals surface area contributed by atoms with Gasteiger partial charge >= 0.3 is 0 Å². The smallest absolute Gasteiger partial charge is 0.231 e. The molecule has 0 amide bonds. The summed E-state index contributed by atoms with van der Waals surface area (Å²) >= 11 is 0. The molecular formula is C16H13N3O2. The number of anilines is 1. The van der Waals surface area contributed by atoms with Gasteiger partial charge in [0.2, 0.25) is 6.79 Å². The van der Waals surface area contributed by atoms with Gasteiger partial charge in [0.1, 0.15) is 0 Å². The molecule has 21 heavy (non-hydrogen) atoms. The number of fused-ring (bicyclic) bond motifs is 1. The van der Waals surface area contributed by atoms with Crippen LogP contribution in [0.5, 0.6) is 11.5 Å². The molecule has 0 radical (unpaired) electrons. The summed E-state index contributed by atoms with van der Waals surface area (Å²) in [5.74, 6) is 1.53. The van der Waals surface area contributed by atoms with E-state index in [0.717, 1.165) is 39.7 Å². The first kappa shape index (κ1) is 11.8. The molecule has 0 saturated carbocycles. The summed E-state index contributed by atoms with van der Waals surface area (Å²) in [5, 5.41) is 7.40. The zero-order chi connectivity index (χ0) is 14.2. The summed E-state index contributed by atoms with van der Waals surface area (Å²) in [6, 6.07) is 15.5. The average Bonchev–Trinajstić information content (AvgIpc) is 3.16. The number of hydrogen-bond donors (Lipinski definition) is 2. The summed E-state index contributed by atoms with van der Waals surface area (Å²) < 4.78 is 10.7. The third kappa shape index (κ3) is 2.08. The molecule has 0 saturated heterocycles. The molecule has 2 aromatic carbocycles. The van der Waals surface area contributed by atoms with Gasteiger partial charge in [-0.05, 0) is 42.0 Å². The molecule has 0 spiro atoms. The monoisotopic (exact) mass is 279 g/mol. The maximum absolute atomic E-state index is 5.70. The molecule has 0 atom stereocenters. The van der Waals surface area contributed by atoms with E-state index < -0.39 is 0 Å². The topological polar surface area (TPSA) is 73.2 Å². The molecule has 1 aromatic heterocycles. The Morgan fingerprint density at radius 3 is 2.52 bits per heavy atom. The SMILES string of the molecule is Nc1ccc(-c2cc(-c3ccc4c(c3)OCO4)n[nH]2)cc1. The van der Waals surface area contributed by atoms with Crippen molar-refractivity contribution in [2.45, 2.75) is 0 Å². The van der Waals surface area contributed by atoms with Crippen molar-refractivity contribution in [3.05, 3.63) is 48.5 Å². The normalized spacial score (nSPS) is 12.6. The van der Waals surface area contributed by atoms with Gasteiger partial charge in [-0.25, -0.2) is 0 Å². The van der Waals surface area contributed by atoms with Crippen LogP contribution in [0.25, 0.3) is 22.5 Å². The summed E-state index contributed by atoms with van der Waals surface area (Å²) in [6.07, 6.45) is 0. The minimum Gasteiger partial charge on any atom is -0.454 e. The molecule has 1 aliphatic heterocycles. The van der Waals surface area contributed by atoms with Gasteiger partial charge in [0.25, 0.3) is 0 Å². The van der Waals surface area contributed by atoms with Gasteiger partial charge in [-0.1, -0.05) is 12.1 Å². The van der Waals surface area contributed by atoms with Gasteiger partial charge in [0.05, 0.1) is 11.4 Å². The fourth-order valence-electron chi connectivity index (χ4n) is 2.34. The van der Waals surface area contributed by atoms with Crippen molar-refractivity contribution < 1.29 is 9.47 Å². The van der Waals surface area contributed by atoms with E-state index in [1.807, 2.05) is 48.5 Å². The number of H-pyrrole nitrogens is 1. The molecule has 5 heteroatoms. The van der Waals surface area contributed by atoms with Gasteiger partial charge in [0.15, 0.2) is 11.5 Å². The second-order valence-corrected chi connectivity index (χ2v) is 4.86. The number of nitrogen functional groups attached to an aromatic ring is 1. The van der Waals surface area contributed by atoms with Crippen molar-refractivity contribution in [2.24, 2.45) is 0 Å². The quantitative estimate of drug-likeness (QED) is 0.707. The lowest BCUT2D eigenvalue weighted by molar-refractivity contribution is 0.174. The zero-order valence-electron chi connectivity index (χ0n) is 11.2. The first-order chi connectivity index (χ1) is 10.3. The fraction of sp³-hybridized carbons (Fsp3) is 0.0625. The molecule has 0 bridgehead atoms. The van der Waals surface area contributed by atoms with E-state index in [0.29, 0.717) is 0 Å². The molecule has 3 N–H and O–H groups in total. The molecule has 1 aliphatic rings. The highest BCUT2D eigenvalue weighted by Crippen LogP contribution is 2.36. The Hall–Kier alpha value is -2.95. The number of rotatable bonds is 2. The Labute approximate surface area is 121 Å². The third-order valence-corrected chi connectivity index (χ3v) is 3.47. The summed E-state index contributed by atoms with van der Waals surface area (Å²) in [5.41, 5.74) is 10.3. The lowest BCUT2D eigenvalue weighted by atomic mass is 10.1. The van der Waals surface area contributed by atoms with Gasteiger partial charge in [0, 0.05) is 11.3 Å². The Morgan fingerprint density at radius 2 is 1.67 bits per heavy atom. The predicted molar refractivity (Wildman–Crippen MR) is 80.0 cm³/mol. The zero-order valence-corrected chi connectivity index (χ0v) is 11.2. The minimum absolute atomic E-state index is 0.274. The van der Waals surface area contributed by atoms with Crippen molar-refractivity contribution >= 4 is 5.69 Å². The van der Waals surface area contributed by atoms with E-state index in [1.54, 1.807) is 0 Å². The van der Waals surface area contributed by atoms with Crippen LogP contribution in [0, 0.1) is 0 Å². The number of hydrogen-bond acceptors (Lipinski definition) is 4. The molecule has 3 aromatic rings. The van der Waals surface area contributed by atoms with Crippen LogP contribution in [0.2, 0.25) is 0 Å². The van der Waals surface area contributed by atoms with Gasteiger partial charge in [-0.15, -0.1) is 0 Å². The molecule has 4 rings (SSSR count). The maximum atomic E-state index is 5.70. The van der Waals surface area contributed by atoms with Crippen LogP contribution in [0.3, 0.4) is 0 Å². The van der Waals surface area contributed by atoms with Crippen LogP contribution in [0.15, 0.2) is 48.5 Å². The first-order valence-corrected chi connectivity index (χ1v) is 6.61. The van der Waals surface area contributed by atoms with Crippen molar-refractivity contribution in [2.75, 3.05) is 12.5 Å². The minimum atomic E-state index is 0.274. The highest BCUT2D eigenvalue weighted by Gasteiger charge is 2.15. The van der Waals surface area contributed by atoms with E-state index in [2.05, 4.69) is 10.2 Å². The Kier molecular flexibility index (Phi) is 2.57. The highest BCUT2D eigenvalue weighted by atomic mass is 16.7. The second kappa shape index (κ2) is 4.56. The Bertz CT molecular complexity index is 794. The van der Waals surface area contributed by atoms with E-state index in [4.69, 9.17) is 15.2 Å². The van der Waals surface area contributed by atoms with Gasteiger partial charge in [-0.2, -0.15) is 5.10 Å². The van der Waals surface area contributed by atoms with Crippen LogP contribution < -0.4 is 15.2 Å². The van der Waals surface area contributed by atoms with E-state index in [1.165, 1.54) is 0 Å². The lowest BCUT2D eigenvalue weighted by Gasteiger charge is -1.99. The number of aromatic nitrogens is 2.